The number of anilines is 2. The second-order valence-corrected chi connectivity index (χ2v) is 3.96. The van der Waals surface area contributed by atoms with Crippen LogP contribution in [0.25, 0.3) is 0 Å². The molecular formula is C11H9Cl2N3O. The summed E-state index contributed by atoms with van der Waals surface area (Å²) in [5.74, 6) is 1.13. The van der Waals surface area contributed by atoms with E-state index in [2.05, 4.69) is 15.3 Å². The van der Waals surface area contributed by atoms with E-state index in [4.69, 9.17) is 27.9 Å². The average Bonchev–Trinajstić information content (AvgIpc) is 2.28. The van der Waals surface area contributed by atoms with Crippen molar-refractivity contribution in [2.24, 2.45) is 0 Å². The lowest BCUT2D eigenvalue weighted by Gasteiger charge is -2.06. The normalized spacial score (nSPS) is 10.1. The van der Waals surface area contributed by atoms with Gasteiger partial charge in [0.15, 0.2) is 0 Å². The van der Waals surface area contributed by atoms with E-state index in [1.807, 2.05) is 24.3 Å². The Hall–Kier alpha value is -1.52. The Morgan fingerprint density at radius 3 is 2.18 bits per heavy atom. The molecule has 0 aliphatic rings. The van der Waals surface area contributed by atoms with Gasteiger partial charge in [0, 0.05) is 11.8 Å². The molecule has 1 N–H and O–H groups in total. The zero-order valence-corrected chi connectivity index (χ0v) is 10.5. The molecule has 2 rings (SSSR count). The predicted octanol–water partition coefficient (Wildman–Crippen LogP) is 3.54. The molecule has 0 unspecified atom stereocenters. The molecule has 0 spiro atoms. The summed E-state index contributed by atoms with van der Waals surface area (Å²) >= 11 is 11.5. The lowest BCUT2D eigenvalue weighted by molar-refractivity contribution is 0.415. The highest BCUT2D eigenvalue weighted by Crippen LogP contribution is 2.20. The predicted molar refractivity (Wildman–Crippen MR) is 68.3 cm³/mol. The molecule has 4 nitrogen and oxygen atoms in total. The summed E-state index contributed by atoms with van der Waals surface area (Å²) in [6, 6.07) is 8.82. The number of ether oxygens (including phenoxy) is 1. The fourth-order valence-corrected chi connectivity index (χ4v) is 1.67. The average molecular weight is 270 g/mol. The summed E-state index contributed by atoms with van der Waals surface area (Å²) in [5.41, 5.74) is 0.823. The zero-order valence-electron chi connectivity index (χ0n) is 8.95. The van der Waals surface area contributed by atoms with E-state index >= 15 is 0 Å². The number of aromatic nitrogens is 2. The fraction of sp³-hybridized carbons (Fsp3) is 0.0909. The first kappa shape index (κ1) is 12.0. The van der Waals surface area contributed by atoms with Gasteiger partial charge in [0.2, 0.25) is 5.95 Å². The minimum absolute atomic E-state index is 0.293. The van der Waals surface area contributed by atoms with Crippen molar-refractivity contribution in [2.45, 2.75) is 0 Å². The molecule has 88 valence electrons. The maximum absolute atomic E-state index is 5.77. The molecule has 0 fully saturated rings. The molecule has 6 heteroatoms. The van der Waals surface area contributed by atoms with E-state index in [0.717, 1.165) is 11.4 Å². The van der Waals surface area contributed by atoms with Crippen molar-refractivity contribution in [3.05, 3.63) is 40.6 Å². The molecule has 0 amide bonds. The largest absolute Gasteiger partial charge is 0.497 e. The van der Waals surface area contributed by atoms with E-state index in [1.54, 1.807) is 7.11 Å². The molecule has 0 radical (unpaired) electrons. The van der Waals surface area contributed by atoms with Crippen LogP contribution in [0.5, 0.6) is 5.75 Å². The highest BCUT2D eigenvalue weighted by atomic mass is 35.5. The number of hydrogen-bond donors (Lipinski definition) is 1. The van der Waals surface area contributed by atoms with E-state index in [1.165, 1.54) is 6.07 Å². The van der Waals surface area contributed by atoms with Gasteiger partial charge in [-0.1, -0.05) is 23.2 Å². The summed E-state index contributed by atoms with van der Waals surface area (Å²) in [6.45, 7) is 0. The van der Waals surface area contributed by atoms with Gasteiger partial charge in [-0.05, 0) is 24.3 Å². The Balaban J connectivity index is 2.19. The van der Waals surface area contributed by atoms with Crippen molar-refractivity contribution < 1.29 is 4.74 Å². The number of nitrogens with zero attached hydrogens (tertiary/aromatic N) is 2. The zero-order chi connectivity index (χ0) is 12.3. The third kappa shape index (κ3) is 3.22. The van der Waals surface area contributed by atoms with Crippen LogP contribution in [0, 0.1) is 0 Å². The molecule has 0 aliphatic carbocycles. The van der Waals surface area contributed by atoms with E-state index in [0.29, 0.717) is 16.3 Å². The van der Waals surface area contributed by atoms with E-state index < -0.39 is 0 Å². The third-order valence-electron chi connectivity index (χ3n) is 2.01. The van der Waals surface area contributed by atoms with Crippen LogP contribution in [0.4, 0.5) is 11.6 Å². The third-order valence-corrected chi connectivity index (χ3v) is 2.40. The van der Waals surface area contributed by atoms with Gasteiger partial charge in [0.25, 0.3) is 0 Å². The summed E-state index contributed by atoms with van der Waals surface area (Å²) in [4.78, 5) is 8.00. The Morgan fingerprint density at radius 1 is 1.06 bits per heavy atom. The second kappa shape index (κ2) is 5.21. The number of nitrogens with one attached hydrogen (secondary N) is 1. The highest BCUT2D eigenvalue weighted by molar-refractivity contribution is 6.33. The van der Waals surface area contributed by atoms with Gasteiger partial charge in [0.1, 0.15) is 16.1 Å². The molecule has 0 saturated carbocycles. The SMILES string of the molecule is COc1ccc(Nc2nc(Cl)cc(Cl)n2)cc1. The van der Waals surface area contributed by atoms with Gasteiger partial charge < -0.3 is 10.1 Å². The highest BCUT2D eigenvalue weighted by Gasteiger charge is 2.02. The summed E-state index contributed by atoms with van der Waals surface area (Å²) in [7, 11) is 1.61. The van der Waals surface area contributed by atoms with Crippen LogP contribution in [-0.4, -0.2) is 17.1 Å². The van der Waals surface area contributed by atoms with Gasteiger partial charge in [-0.3, -0.25) is 0 Å². The Morgan fingerprint density at radius 2 is 1.65 bits per heavy atom. The maximum Gasteiger partial charge on any atom is 0.230 e. The minimum atomic E-state index is 0.293. The lowest BCUT2D eigenvalue weighted by Crippen LogP contribution is -1.97. The second-order valence-electron chi connectivity index (χ2n) is 3.19. The van der Waals surface area contributed by atoms with Gasteiger partial charge in [-0.15, -0.1) is 0 Å². The van der Waals surface area contributed by atoms with Crippen molar-refractivity contribution in [3.8, 4) is 5.75 Å². The molecule has 0 saturated heterocycles. The van der Waals surface area contributed by atoms with Gasteiger partial charge in [-0.25, -0.2) is 9.97 Å². The molecule has 1 heterocycles. The van der Waals surface area contributed by atoms with Crippen molar-refractivity contribution >= 4 is 34.8 Å². The van der Waals surface area contributed by atoms with Crippen LogP contribution < -0.4 is 10.1 Å². The molecule has 1 aromatic carbocycles. The van der Waals surface area contributed by atoms with Crippen LogP contribution in [0.2, 0.25) is 10.3 Å². The topological polar surface area (TPSA) is 47.0 Å². The molecule has 0 bridgehead atoms. The van der Waals surface area contributed by atoms with Crippen molar-refractivity contribution in [1.29, 1.82) is 0 Å². The molecule has 0 aliphatic heterocycles. The molecule has 2 aromatic rings. The lowest BCUT2D eigenvalue weighted by atomic mass is 10.3. The monoisotopic (exact) mass is 269 g/mol. The minimum Gasteiger partial charge on any atom is -0.497 e. The molecule has 1 aromatic heterocycles. The van der Waals surface area contributed by atoms with Crippen molar-refractivity contribution in [2.75, 3.05) is 12.4 Å². The molecule has 0 atom stereocenters. The summed E-state index contributed by atoms with van der Waals surface area (Å²) < 4.78 is 5.06. The maximum atomic E-state index is 5.77. The first-order valence-corrected chi connectivity index (χ1v) is 5.54. The van der Waals surface area contributed by atoms with Crippen LogP contribution in [-0.2, 0) is 0 Å². The number of rotatable bonds is 3. The van der Waals surface area contributed by atoms with Crippen LogP contribution >= 0.6 is 23.2 Å². The number of benzene rings is 1. The molecule has 17 heavy (non-hydrogen) atoms. The quantitative estimate of drug-likeness (QED) is 0.866. The first-order valence-electron chi connectivity index (χ1n) is 4.78. The van der Waals surface area contributed by atoms with Crippen molar-refractivity contribution in [3.63, 3.8) is 0 Å². The number of halogens is 2. The fourth-order valence-electron chi connectivity index (χ4n) is 1.25. The van der Waals surface area contributed by atoms with Gasteiger partial charge in [-0.2, -0.15) is 0 Å². The van der Waals surface area contributed by atoms with Gasteiger partial charge in [0.05, 0.1) is 7.11 Å². The number of hydrogen-bond acceptors (Lipinski definition) is 4. The van der Waals surface area contributed by atoms with Gasteiger partial charge >= 0.3 is 0 Å². The summed E-state index contributed by atoms with van der Waals surface area (Å²) in [6.07, 6.45) is 0. The van der Waals surface area contributed by atoms with Crippen molar-refractivity contribution in [1.82, 2.24) is 9.97 Å². The molecular weight excluding hydrogens is 261 g/mol. The Bertz CT molecular complexity index is 496. The first-order chi connectivity index (χ1) is 8.17. The summed E-state index contributed by atoms with van der Waals surface area (Å²) in [5, 5.41) is 3.58. The smallest absolute Gasteiger partial charge is 0.230 e. The Kier molecular flexibility index (Phi) is 3.66. The van der Waals surface area contributed by atoms with Crippen LogP contribution in [0.1, 0.15) is 0 Å². The van der Waals surface area contributed by atoms with E-state index in [9.17, 15) is 0 Å². The number of methoxy groups -OCH3 is 1. The van der Waals surface area contributed by atoms with Crippen LogP contribution in [0.15, 0.2) is 30.3 Å². The van der Waals surface area contributed by atoms with E-state index in [-0.39, 0.29) is 0 Å². The standard InChI is InChI=1S/C11H9Cl2N3O/c1-17-8-4-2-7(3-5-8)14-11-15-9(12)6-10(13)16-11/h2-6H,1H3,(H,14,15,16). The Labute approximate surface area is 109 Å². The van der Waals surface area contributed by atoms with Crippen LogP contribution in [0.3, 0.4) is 0 Å².